The molecule has 1 aliphatic rings. The van der Waals surface area contributed by atoms with Crippen molar-refractivity contribution in [2.75, 3.05) is 28.6 Å². The molecule has 0 saturated carbocycles. The second kappa shape index (κ2) is 7.77. The van der Waals surface area contributed by atoms with Crippen LogP contribution in [0.1, 0.15) is 18.4 Å². The molecule has 7 heteroatoms. The number of anilines is 4. The average Bonchev–Trinajstić information content (AvgIpc) is 3.23. The van der Waals surface area contributed by atoms with Crippen LogP contribution in [0.4, 0.5) is 23.1 Å². The van der Waals surface area contributed by atoms with Gasteiger partial charge < -0.3 is 15.5 Å². The summed E-state index contributed by atoms with van der Waals surface area (Å²) in [5, 5.41) is 14.5. The van der Waals surface area contributed by atoms with Crippen LogP contribution in [0.5, 0.6) is 0 Å². The minimum absolute atomic E-state index is 0.487. The van der Waals surface area contributed by atoms with Gasteiger partial charge in [-0.25, -0.2) is 0 Å². The topological polar surface area (TPSA) is 78.9 Å². The first-order valence-corrected chi connectivity index (χ1v) is 8.81. The number of pyridine rings is 1. The Balaban J connectivity index is 1.38. The van der Waals surface area contributed by atoms with Crippen molar-refractivity contribution < 1.29 is 0 Å². The van der Waals surface area contributed by atoms with E-state index in [-0.39, 0.29) is 0 Å². The van der Waals surface area contributed by atoms with E-state index in [4.69, 9.17) is 0 Å². The molecule has 132 valence electrons. The van der Waals surface area contributed by atoms with Gasteiger partial charge in [-0.3, -0.25) is 4.98 Å². The Morgan fingerprint density at radius 1 is 0.962 bits per heavy atom. The highest BCUT2D eigenvalue weighted by atomic mass is 15.3. The molecule has 0 amide bonds. The highest BCUT2D eigenvalue weighted by molar-refractivity contribution is 5.61. The van der Waals surface area contributed by atoms with Crippen LogP contribution in [0.15, 0.2) is 55.0 Å². The summed E-state index contributed by atoms with van der Waals surface area (Å²) >= 11 is 0. The Hall–Kier alpha value is -3.22. The third kappa shape index (κ3) is 4.05. The van der Waals surface area contributed by atoms with Crippen LogP contribution in [0.3, 0.4) is 0 Å². The van der Waals surface area contributed by atoms with Crippen molar-refractivity contribution in [2.24, 2.45) is 0 Å². The van der Waals surface area contributed by atoms with E-state index in [1.54, 1.807) is 18.6 Å². The minimum atomic E-state index is 0.487. The van der Waals surface area contributed by atoms with Gasteiger partial charge >= 0.3 is 0 Å². The summed E-state index contributed by atoms with van der Waals surface area (Å²) in [5.41, 5.74) is 3.36. The molecule has 2 aromatic heterocycles. The number of benzene rings is 1. The summed E-state index contributed by atoms with van der Waals surface area (Å²) in [6.07, 6.45) is 7.70. The van der Waals surface area contributed by atoms with Crippen LogP contribution in [0, 0.1) is 0 Å². The Labute approximate surface area is 152 Å². The van der Waals surface area contributed by atoms with Crippen LogP contribution in [0.2, 0.25) is 0 Å². The van der Waals surface area contributed by atoms with Gasteiger partial charge in [0.15, 0.2) is 5.82 Å². The van der Waals surface area contributed by atoms with Crippen LogP contribution in [-0.4, -0.2) is 33.3 Å². The van der Waals surface area contributed by atoms with Crippen molar-refractivity contribution in [3.63, 3.8) is 0 Å². The molecule has 1 aromatic carbocycles. The zero-order valence-electron chi connectivity index (χ0n) is 14.5. The summed E-state index contributed by atoms with van der Waals surface area (Å²) in [6.45, 7) is 2.92. The number of nitrogens with zero attached hydrogens (tertiary/aromatic N) is 5. The van der Waals surface area contributed by atoms with Gasteiger partial charge in [-0.2, -0.15) is 10.1 Å². The second-order valence-corrected chi connectivity index (χ2v) is 6.24. The first-order valence-electron chi connectivity index (χ1n) is 8.81. The number of aromatic nitrogens is 4. The van der Waals surface area contributed by atoms with E-state index >= 15 is 0 Å². The van der Waals surface area contributed by atoms with Gasteiger partial charge in [0.25, 0.3) is 0 Å². The molecular formula is C19H21N7. The minimum Gasteiger partial charge on any atom is -0.372 e. The predicted octanol–water partition coefficient (Wildman–Crippen LogP) is 3.22. The number of hydrogen-bond donors (Lipinski definition) is 2. The molecule has 26 heavy (non-hydrogen) atoms. The average molecular weight is 347 g/mol. The van der Waals surface area contributed by atoms with Crippen molar-refractivity contribution in [3.8, 4) is 0 Å². The molecule has 0 unspecified atom stereocenters. The van der Waals surface area contributed by atoms with E-state index in [1.165, 1.54) is 18.5 Å². The molecule has 4 rings (SSSR count). The molecule has 1 aliphatic heterocycles. The molecular weight excluding hydrogens is 326 g/mol. The SMILES string of the molecule is c1cc(CNc2nncc(Nc3ccc(N4CCCC4)cc3)n2)ccn1. The third-order valence-corrected chi connectivity index (χ3v) is 4.37. The quantitative estimate of drug-likeness (QED) is 0.709. The molecule has 1 saturated heterocycles. The van der Waals surface area contributed by atoms with Gasteiger partial charge in [0, 0.05) is 43.4 Å². The first-order chi connectivity index (χ1) is 12.9. The van der Waals surface area contributed by atoms with Crippen molar-refractivity contribution in [1.29, 1.82) is 0 Å². The molecule has 2 N–H and O–H groups in total. The van der Waals surface area contributed by atoms with Gasteiger partial charge in [0.05, 0.1) is 6.20 Å². The molecule has 1 fully saturated rings. The molecule has 0 atom stereocenters. The molecule has 3 heterocycles. The molecule has 0 bridgehead atoms. The van der Waals surface area contributed by atoms with E-state index in [0.29, 0.717) is 18.3 Å². The Kier molecular flexibility index (Phi) is 4.86. The van der Waals surface area contributed by atoms with Gasteiger partial charge in [-0.15, -0.1) is 5.10 Å². The third-order valence-electron chi connectivity index (χ3n) is 4.37. The lowest BCUT2D eigenvalue weighted by Crippen LogP contribution is -2.17. The predicted molar refractivity (Wildman–Crippen MR) is 103 cm³/mol. The lowest BCUT2D eigenvalue weighted by Gasteiger charge is -2.17. The Morgan fingerprint density at radius 2 is 1.73 bits per heavy atom. The Bertz CT molecular complexity index is 830. The summed E-state index contributed by atoms with van der Waals surface area (Å²) < 4.78 is 0. The van der Waals surface area contributed by atoms with Crippen LogP contribution < -0.4 is 15.5 Å². The maximum atomic E-state index is 4.46. The van der Waals surface area contributed by atoms with Crippen molar-refractivity contribution in [3.05, 3.63) is 60.6 Å². The fourth-order valence-corrected chi connectivity index (χ4v) is 3.00. The van der Waals surface area contributed by atoms with Crippen LogP contribution in [-0.2, 0) is 6.54 Å². The molecule has 0 radical (unpaired) electrons. The maximum absolute atomic E-state index is 4.46. The van der Waals surface area contributed by atoms with E-state index in [0.717, 1.165) is 24.3 Å². The van der Waals surface area contributed by atoms with E-state index in [2.05, 4.69) is 60.0 Å². The lowest BCUT2D eigenvalue weighted by molar-refractivity contribution is 0.947. The van der Waals surface area contributed by atoms with Crippen LogP contribution >= 0.6 is 0 Å². The molecule has 3 aromatic rings. The molecule has 7 nitrogen and oxygen atoms in total. The first kappa shape index (κ1) is 16.3. The van der Waals surface area contributed by atoms with Crippen molar-refractivity contribution in [1.82, 2.24) is 20.2 Å². The maximum Gasteiger partial charge on any atom is 0.244 e. The largest absolute Gasteiger partial charge is 0.372 e. The van der Waals surface area contributed by atoms with Gasteiger partial charge in [-0.05, 0) is 54.8 Å². The van der Waals surface area contributed by atoms with E-state index in [1.807, 2.05) is 12.1 Å². The zero-order valence-corrected chi connectivity index (χ0v) is 14.5. The number of hydrogen-bond acceptors (Lipinski definition) is 7. The summed E-state index contributed by atoms with van der Waals surface area (Å²) in [5.74, 6) is 1.15. The monoisotopic (exact) mass is 347 g/mol. The Morgan fingerprint density at radius 3 is 2.50 bits per heavy atom. The van der Waals surface area contributed by atoms with E-state index in [9.17, 15) is 0 Å². The van der Waals surface area contributed by atoms with Crippen molar-refractivity contribution in [2.45, 2.75) is 19.4 Å². The molecule has 0 aliphatic carbocycles. The number of nitrogens with one attached hydrogen (secondary N) is 2. The summed E-state index contributed by atoms with van der Waals surface area (Å²) in [6, 6.07) is 12.3. The highest BCUT2D eigenvalue weighted by Crippen LogP contribution is 2.23. The van der Waals surface area contributed by atoms with Gasteiger partial charge in [-0.1, -0.05) is 0 Å². The van der Waals surface area contributed by atoms with Gasteiger partial charge in [0.1, 0.15) is 0 Å². The summed E-state index contributed by atoms with van der Waals surface area (Å²) in [4.78, 5) is 10.9. The van der Waals surface area contributed by atoms with Crippen LogP contribution in [0.25, 0.3) is 0 Å². The normalized spacial score (nSPS) is 13.6. The zero-order chi connectivity index (χ0) is 17.6. The van der Waals surface area contributed by atoms with Gasteiger partial charge in [0.2, 0.25) is 5.95 Å². The second-order valence-electron chi connectivity index (χ2n) is 6.24. The molecule has 0 spiro atoms. The standard InChI is InChI=1S/C19H21N7/c1-2-12-26(11-1)17-5-3-16(4-6-17)23-18-14-22-25-19(24-18)21-13-15-7-9-20-10-8-15/h3-10,14H,1-2,11-13H2,(H2,21,23,24,25). The number of rotatable bonds is 6. The highest BCUT2D eigenvalue weighted by Gasteiger charge is 2.11. The summed E-state index contributed by atoms with van der Waals surface area (Å²) in [7, 11) is 0. The lowest BCUT2D eigenvalue weighted by atomic mass is 10.2. The van der Waals surface area contributed by atoms with Crippen molar-refractivity contribution >= 4 is 23.1 Å². The fraction of sp³-hybridized carbons (Fsp3) is 0.263. The fourth-order valence-electron chi connectivity index (χ4n) is 3.00. The van der Waals surface area contributed by atoms with E-state index < -0.39 is 0 Å². The smallest absolute Gasteiger partial charge is 0.244 e.